The summed E-state index contributed by atoms with van der Waals surface area (Å²) in [6.07, 6.45) is 4.83. The number of thioether (sulfide) groups is 1. The van der Waals surface area contributed by atoms with Crippen molar-refractivity contribution < 1.29 is 24.2 Å². The molecule has 0 saturated carbocycles. The Hall–Kier alpha value is -3.45. The number of piperazine rings is 1. The van der Waals surface area contributed by atoms with Gasteiger partial charge in [0.25, 0.3) is 11.5 Å². The molecule has 208 valence electrons. The van der Waals surface area contributed by atoms with E-state index in [0.717, 1.165) is 17.3 Å². The number of carbonyl (C=O) groups excluding carboxylic acids is 2. The SMILES string of the molecule is CCOC(=O)N1CCN(c2nc3ccc(C)cn3c(=O)c2C=C2SC(=S)N(CCCCCC(=O)O)C2=O)CC1. The first-order valence-electron chi connectivity index (χ1n) is 12.9. The number of pyridine rings is 1. The Morgan fingerprint density at radius 3 is 2.59 bits per heavy atom. The second kappa shape index (κ2) is 12.6. The molecular formula is C26H31N5O6S2. The van der Waals surface area contributed by atoms with Gasteiger partial charge in [-0.1, -0.05) is 36.5 Å². The lowest BCUT2D eigenvalue weighted by molar-refractivity contribution is -0.137. The number of unbranched alkanes of at least 4 members (excludes halogenated alkanes) is 2. The van der Waals surface area contributed by atoms with E-state index in [9.17, 15) is 19.2 Å². The van der Waals surface area contributed by atoms with Crippen molar-refractivity contribution in [3.63, 3.8) is 0 Å². The van der Waals surface area contributed by atoms with Crippen molar-refractivity contribution in [1.82, 2.24) is 19.2 Å². The van der Waals surface area contributed by atoms with Crippen LogP contribution in [-0.4, -0.2) is 85.9 Å². The fourth-order valence-electron chi connectivity index (χ4n) is 4.48. The van der Waals surface area contributed by atoms with Gasteiger partial charge in [0.2, 0.25) is 0 Å². The summed E-state index contributed by atoms with van der Waals surface area (Å²) in [5.74, 6) is -0.673. The van der Waals surface area contributed by atoms with Crippen LogP contribution >= 0.6 is 24.0 Å². The molecule has 0 bridgehead atoms. The molecule has 4 heterocycles. The van der Waals surface area contributed by atoms with Crippen molar-refractivity contribution in [1.29, 1.82) is 0 Å². The Bertz CT molecular complexity index is 1380. The van der Waals surface area contributed by atoms with Crippen molar-refractivity contribution >= 4 is 63.8 Å². The van der Waals surface area contributed by atoms with Gasteiger partial charge in [-0.15, -0.1) is 0 Å². The Morgan fingerprint density at radius 2 is 1.90 bits per heavy atom. The lowest BCUT2D eigenvalue weighted by atomic mass is 10.2. The van der Waals surface area contributed by atoms with E-state index in [-0.39, 0.29) is 29.5 Å². The molecule has 0 aromatic carbocycles. The van der Waals surface area contributed by atoms with Crippen LogP contribution in [0.2, 0.25) is 0 Å². The van der Waals surface area contributed by atoms with E-state index >= 15 is 0 Å². The molecule has 4 rings (SSSR count). The van der Waals surface area contributed by atoms with Crippen LogP contribution in [0, 0.1) is 6.92 Å². The van der Waals surface area contributed by atoms with E-state index in [0.29, 0.717) is 79.3 Å². The third kappa shape index (κ3) is 6.59. The van der Waals surface area contributed by atoms with Gasteiger partial charge in [0.1, 0.15) is 15.8 Å². The molecule has 13 heteroatoms. The average molecular weight is 574 g/mol. The van der Waals surface area contributed by atoms with Gasteiger partial charge >= 0.3 is 12.1 Å². The second-order valence-corrected chi connectivity index (χ2v) is 11.0. The third-order valence-electron chi connectivity index (χ3n) is 6.51. The Labute approximate surface area is 235 Å². The van der Waals surface area contributed by atoms with E-state index in [1.807, 2.05) is 17.9 Å². The van der Waals surface area contributed by atoms with Gasteiger partial charge in [0, 0.05) is 45.3 Å². The number of nitrogens with zero attached hydrogens (tertiary/aromatic N) is 5. The molecule has 39 heavy (non-hydrogen) atoms. The largest absolute Gasteiger partial charge is 0.481 e. The molecule has 2 aliphatic rings. The zero-order chi connectivity index (χ0) is 28.1. The van der Waals surface area contributed by atoms with Crippen molar-refractivity contribution in [2.24, 2.45) is 0 Å². The highest BCUT2D eigenvalue weighted by molar-refractivity contribution is 8.26. The summed E-state index contributed by atoms with van der Waals surface area (Å²) >= 11 is 6.59. The fourth-order valence-corrected chi connectivity index (χ4v) is 5.77. The lowest BCUT2D eigenvalue weighted by Crippen LogP contribution is -2.49. The molecular weight excluding hydrogens is 542 g/mol. The van der Waals surface area contributed by atoms with Gasteiger partial charge in [-0.05, 0) is 44.4 Å². The first-order chi connectivity index (χ1) is 18.7. The van der Waals surface area contributed by atoms with Gasteiger partial charge in [0.05, 0.1) is 17.1 Å². The van der Waals surface area contributed by atoms with Crippen LogP contribution in [-0.2, 0) is 14.3 Å². The Morgan fingerprint density at radius 1 is 1.15 bits per heavy atom. The zero-order valence-corrected chi connectivity index (χ0v) is 23.6. The molecule has 2 aliphatic heterocycles. The van der Waals surface area contributed by atoms with Crippen LogP contribution < -0.4 is 10.5 Å². The quantitative estimate of drug-likeness (QED) is 0.272. The number of anilines is 1. The van der Waals surface area contributed by atoms with E-state index in [1.54, 1.807) is 30.2 Å². The molecule has 11 nitrogen and oxygen atoms in total. The minimum atomic E-state index is -0.841. The van der Waals surface area contributed by atoms with E-state index in [4.69, 9.17) is 27.0 Å². The highest BCUT2D eigenvalue weighted by Crippen LogP contribution is 2.34. The highest BCUT2D eigenvalue weighted by Gasteiger charge is 2.33. The Balaban J connectivity index is 1.62. The van der Waals surface area contributed by atoms with Crippen molar-refractivity contribution in [2.45, 2.75) is 39.5 Å². The predicted octanol–water partition coefficient (Wildman–Crippen LogP) is 3.13. The zero-order valence-electron chi connectivity index (χ0n) is 21.9. The standard InChI is InChI=1S/C26H31N5O6S2/c1-3-37-25(36)29-13-11-28(12-14-29)22-18(23(34)31-16-17(2)8-9-20(31)27-22)15-19-24(35)30(26(38)39-19)10-6-4-5-7-21(32)33/h8-9,15-16H,3-7,10-14H2,1-2H3,(H,32,33). The predicted molar refractivity (Wildman–Crippen MR) is 153 cm³/mol. The number of hydrogen-bond acceptors (Lipinski definition) is 9. The fraction of sp³-hybridized carbons (Fsp3) is 0.462. The summed E-state index contributed by atoms with van der Waals surface area (Å²) in [5, 5.41) is 8.81. The number of hydrogen-bond donors (Lipinski definition) is 1. The number of fused-ring (bicyclic) bond motifs is 1. The third-order valence-corrected chi connectivity index (χ3v) is 7.89. The maximum Gasteiger partial charge on any atom is 0.409 e. The van der Waals surface area contributed by atoms with Gasteiger partial charge in [-0.3, -0.25) is 23.7 Å². The number of carboxylic acids is 1. The van der Waals surface area contributed by atoms with Gasteiger partial charge < -0.3 is 19.6 Å². The second-order valence-electron chi connectivity index (χ2n) is 9.30. The number of aryl methyl sites for hydroxylation is 1. The molecule has 0 radical (unpaired) electrons. The van der Waals surface area contributed by atoms with Crippen molar-refractivity contribution in [3.8, 4) is 0 Å². The van der Waals surface area contributed by atoms with E-state index in [1.165, 1.54) is 9.30 Å². The Kier molecular flexibility index (Phi) is 9.23. The smallest absolute Gasteiger partial charge is 0.409 e. The van der Waals surface area contributed by atoms with Crippen LogP contribution in [0.3, 0.4) is 0 Å². The van der Waals surface area contributed by atoms with Gasteiger partial charge in [0.15, 0.2) is 0 Å². The lowest BCUT2D eigenvalue weighted by Gasteiger charge is -2.35. The first kappa shape index (κ1) is 28.6. The molecule has 2 fully saturated rings. The van der Waals surface area contributed by atoms with E-state index < -0.39 is 5.97 Å². The number of carboxylic acid groups (broad SMARTS) is 1. The normalized spacial score (nSPS) is 17.0. The maximum absolute atomic E-state index is 13.7. The van der Waals surface area contributed by atoms with Crippen LogP contribution in [0.15, 0.2) is 28.0 Å². The highest BCUT2D eigenvalue weighted by atomic mass is 32.2. The molecule has 2 aromatic heterocycles. The minimum absolute atomic E-state index is 0.0908. The number of rotatable bonds is 9. The maximum atomic E-state index is 13.7. The monoisotopic (exact) mass is 573 g/mol. The summed E-state index contributed by atoms with van der Waals surface area (Å²) in [5.41, 5.74) is 1.36. The molecule has 0 unspecified atom stereocenters. The number of aromatic nitrogens is 2. The molecule has 2 aromatic rings. The minimum Gasteiger partial charge on any atom is -0.481 e. The van der Waals surface area contributed by atoms with Crippen LogP contribution in [0.1, 0.15) is 43.7 Å². The number of aliphatic carboxylic acids is 1. The summed E-state index contributed by atoms with van der Waals surface area (Å²) in [7, 11) is 0. The number of ether oxygens (including phenoxy) is 1. The van der Waals surface area contributed by atoms with E-state index in [2.05, 4.69) is 0 Å². The van der Waals surface area contributed by atoms with Crippen molar-refractivity contribution in [2.75, 3.05) is 44.2 Å². The number of carbonyl (C=O) groups is 3. The van der Waals surface area contributed by atoms with Gasteiger partial charge in [-0.2, -0.15) is 0 Å². The molecule has 0 aliphatic carbocycles. The number of amides is 2. The van der Waals surface area contributed by atoms with Crippen LogP contribution in [0.5, 0.6) is 0 Å². The van der Waals surface area contributed by atoms with Crippen LogP contribution in [0.4, 0.5) is 10.6 Å². The first-order valence-corrected chi connectivity index (χ1v) is 14.1. The molecule has 2 amide bonds. The summed E-state index contributed by atoms with van der Waals surface area (Å²) in [6, 6.07) is 3.66. The van der Waals surface area contributed by atoms with Gasteiger partial charge in [-0.25, -0.2) is 9.78 Å². The molecule has 0 atom stereocenters. The molecule has 1 N–H and O–H groups in total. The van der Waals surface area contributed by atoms with Crippen molar-refractivity contribution in [3.05, 3.63) is 44.7 Å². The molecule has 0 spiro atoms. The van der Waals surface area contributed by atoms with Crippen LogP contribution in [0.25, 0.3) is 11.7 Å². The summed E-state index contributed by atoms with van der Waals surface area (Å²) < 4.78 is 6.99. The molecule has 2 saturated heterocycles. The summed E-state index contributed by atoms with van der Waals surface area (Å²) in [4.78, 5) is 60.0. The topological polar surface area (TPSA) is 125 Å². The average Bonchev–Trinajstić information content (AvgIpc) is 3.17. The summed E-state index contributed by atoms with van der Waals surface area (Å²) in [6.45, 7) is 6.06. The number of thiocarbonyl (C=S) groups is 1.